The molecule has 0 aromatic carbocycles. The standard InChI is InChI=1S/C8H19N.C8H18.C7H16O/c1-7(2)6-9(5)8(3)4;1-7(2)5-6-8(3)4;1-6(2)5-8-7(3)4/h7-8H,6H2,1-5H3;7-8H,5-6H2,1-4H3;6-7H,5H2,1-4H3. The summed E-state index contributed by atoms with van der Waals surface area (Å²) in [5.41, 5.74) is 0. The molecule has 2 heteroatoms. The molecule has 0 saturated carbocycles. The minimum absolute atomic E-state index is 0.386. The second-order valence-corrected chi connectivity index (χ2v) is 9.57. The van der Waals surface area contributed by atoms with E-state index in [4.69, 9.17) is 4.74 Å². The third-order valence-electron chi connectivity index (χ3n) is 3.62. The molecule has 0 heterocycles. The third-order valence-corrected chi connectivity index (χ3v) is 3.62. The van der Waals surface area contributed by atoms with E-state index in [-0.39, 0.29) is 0 Å². The van der Waals surface area contributed by atoms with Crippen molar-refractivity contribution in [1.29, 1.82) is 0 Å². The van der Waals surface area contributed by atoms with E-state index in [1.54, 1.807) is 0 Å². The third kappa shape index (κ3) is 35.8. The van der Waals surface area contributed by atoms with E-state index in [9.17, 15) is 0 Å². The minimum atomic E-state index is 0.386. The maximum absolute atomic E-state index is 5.30. The quantitative estimate of drug-likeness (QED) is 0.434. The van der Waals surface area contributed by atoms with Gasteiger partial charge in [0.05, 0.1) is 6.10 Å². The normalized spacial score (nSPS) is 11.5. The van der Waals surface area contributed by atoms with E-state index >= 15 is 0 Å². The Morgan fingerprint density at radius 2 is 1.00 bits per heavy atom. The van der Waals surface area contributed by atoms with E-state index in [0.29, 0.717) is 18.1 Å². The molecule has 0 aromatic heterocycles. The van der Waals surface area contributed by atoms with Crippen LogP contribution in [0, 0.1) is 23.7 Å². The molecule has 0 bridgehead atoms. The van der Waals surface area contributed by atoms with Crippen molar-refractivity contribution in [3.8, 4) is 0 Å². The number of hydrogen-bond donors (Lipinski definition) is 0. The van der Waals surface area contributed by atoms with Gasteiger partial charge in [0.15, 0.2) is 0 Å². The van der Waals surface area contributed by atoms with Gasteiger partial charge in [-0.15, -0.1) is 0 Å². The van der Waals surface area contributed by atoms with Gasteiger partial charge in [-0.2, -0.15) is 0 Å². The summed E-state index contributed by atoms with van der Waals surface area (Å²) < 4.78 is 5.30. The summed E-state index contributed by atoms with van der Waals surface area (Å²) in [6.45, 7) is 28.6. The van der Waals surface area contributed by atoms with Crippen molar-refractivity contribution in [3.63, 3.8) is 0 Å². The van der Waals surface area contributed by atoms with E-state index in [2.05, 4.69) is 95.0 Å². The van der Waals surface area contributed by atoms with Crippen LogP contribution in [0.3, 0.4) is 0 Å². The van der Waals surface area contributed by atoms with Gasteiger partial charge in [-0.3, -0.25) is 0 Å². The highest BCUT2D eigenvalue weighted by molar-refractivity contribution is 4.58. The van der Waals surface area contributed by atoms with Crippen LogP contribution >= 0.6 is 0 Å². The minimum Gasteiger partial charge on any atom is -0.379 e. The molecule has 0 aromatic rings. The zero-order valence-corrected chi connectivity index (χ0v) is 20.1. The molecule has 0 spiro atoms. The second-order valence-electron chi connectivity index (χ2n) is 9.57. The molecule has 0 unspecified atom stereocenters. The lowest BCUT2D eigenvalue weighted by Gasteiger charge is -2.22. The Morgan fingerprint density at radius 1 is 0.600 bits per heavy atom. The van der Waals surface area contributed by atoms with Crippen molar-refractivity contribution in [2.45, 2.75) is 108 Å². The number of nitrogens with zero attached hydrogens (tertiary/aromatic N) is 1. The molecule has 156 valence electrons. The topological polar surface area (TPSA) is 12.5 Å². The predicted molar refractivity (Wildman–Crippen MR) is 117 cm³/mol. The van der Waals surface area contributed by atoms with Gasteiger partial charge < -0.3 is 9.64 Å². The van der Waals surface area contributed by atoms with Crippen LogP contribution in [0.5, 0.6) is 0 Å². The molecule has 0 aliphatic heterocycles. The van der Waals surface area contributed by atoms with Crippen LogP contribution in [0.1, 0.15) is 95.9 Å². The first-order valence-electron chi connectivity index (χ1n) is 10.6. The highest BCUT2D eigenvalue weighted by atomic mass is 16.5. The first-order chi connectivity index (χ1) is 11.3. The molecule has 0 saturated heterocycles. The lowest BCUT2D eigenvalue weighted by atomic mass is 10.0. The van der Waals surface area contributed by atoms with Gasteiger partial charge in [0.1, 0.15) is 0 Å². The summed E-state index contributed by atoms with van der Waals surface area (Å²) in [6.07, 6.45) is 3.16. The first-order valence-corrected chi connectivity index (χ1v) is 10.6. The SMILES string of the molecule is CC(C)CCC(C)C.CC(C)CN(C)C(C)C.CC(C)COC(C)C. The van der Waals surface area contributed by atoms with Crippen LogP contribution in [-0.4, -0.2) is 37.2 Å². The predicted octanol–water partition coefficient (Wildman–Crippen LogP) is 7.13. The summed E-state index contributed by atoms with van der Waals surface area (Å²) in [5, 5.41) is 0. The highest BCUT2D eigenvalue weighted by Gasteiger charge is 2.03. The van der Waals surface area contributed by atoms with Crippen LogP contribution < -0.4 is 0 Å². The Hall–Kier alpha value is -0.0800. The Kier molecular flexibility index (Phi) is 22.2. The van der Waals surface area contributed by atoms with Gasteiger partial charge in [-0.05, 0) is 58.4 Å². The van der Waals surface area contributed by atoms with Crippen molar-refractivity contribution in [1.82, 2.24) is 4.90 Å². The Labute approximate surface area is 162 Å². The van der Waals surface area contributed by atoms with E-state index in [1.165, 1.54) is 19.4 Å². The number of hydrogen-bond acceptors (Lipinski definition) is 2. The van der Waals surface area contributed by atoms with Gasteiger partial charge in [-0.25, -0.2) is 0 Å². The highest BCUT2D eigenvalue weighted by Crippen LogP contribution is 2.09. The number of rotatable bonds is 9. The number of ether oxygens (including phenoxy) is 1. The second kappa shape index (κ2) is 18.7. The Bertz CT molecular complexity index is 212. The summed E-state index contributed by atoms with van der Waals surface area (Å²) in [7, 11) is 2.17. The molecule has 0 aliphatic rings. The van der Waals surface area contributed by atoms with E-state index in [1.807, 2.05) is 0 Å². The fourth-order valence-electron chi connectivity index (χ4n) is 1.84. The van der Waals surface area contributed by atoms with Gasteiger partial charge in [0.25, 0.3) is 0 Å². The van der Waals surface area contributed by atoms with Crippen LogP contribution in [0.15, 0.2) is 0 Å². The smallest absolute Gasteiger partial charge is 0.0518 e. The zero-order valence-electron chi connectivity index (χ0n) is 20.1. The van der Waals surface area contributed by atoms with Crippen molar-refractivity contribution in [2.24, 2.45) is 23.7 Å². The van der Waals surface area contributed by atoms with Crippen LogP contribution in [0.25, 0.3) is 0 Å². The Morgan fingerprint density at radius 3 is 1.12 bits per heavy atom. The van der Waals surface area contributed by atoms with Gasteiger partial charge in [0.2, 0.25) is 0 Å². The molecule has 0 radical (unpaired) electrons. The average molecular weight is 360 g/mol. The van der Waals surface area contributed by atoms with Gasteiger partial charge in [0, 0.05) is 19.2 Å². The van der Waals surface area contributed by atoms with Crippen molar-refractivity contribution < 1.29 is 4.74 Å². The molecule has 0 rings (SSSR count). The van der Waals surface area contributed by atoms with Crippen molar-refractivity contribution in [3.05, 3.63) is 0 Å². The van der Waals surface area contributed by atoms with Crippen LogP contribution in [0.2, 0.25) is 0 Å². The lowest BCUT2D eigenvalue weighted by Crippen LogP contribution is -2.29. The molecular weight excluding hydrogens is 306 g/mol. The van der Waals surface area contributed by atoms with Crippen molar-refractivity contribution >= 4 is 0 Å². The van der Waals surface area contributed by atoms with Crippen molar-refractivity contribution in [2.75, 3.05) is 20.2 Å². The molecule has 0 aliphatic carbocycles. The summed E-state index contributed by atoms with van der Waals surface area (Å²) in [6, 6.07) is 0.687. The molecule has 25 heavy (non-hydrogen) atoms. The molecule has 0 N–H and O–H groups in total. The summed E-state index contributed by atoms with van der Waals surface area (Å²) in [5.74, 6) is 3.23. The van der Waals surface area contributed by atoms with E-state index in [0.717, 1.165) is 24.4 Å². The molecule has 0 fully saturated rings. The molecular formula is C23H53NO. The van der Waals surface area contributed by atoms with Crippen LogP contribution in [-0.2, 0) is 4.74 Å². The van der Waals surface area contributed by atoms with E-state index < -0.39 is 0 Å². The largest absolute Gasteiger partial charge is 0.379 e. The maximum atomic E-state index is 5.30. The Balaban J connectivity index is -0.000000291. The molecule has 0 atom stereocenters. The first kappa shape index (κ1) is 29.7. The van der Waals surface area contributed by atoms with Gasteiger partial charge >= 0.3 is 0 Å². The zero-order chi connectivity index (χ0) is 20.6. The van der Waals surface area contributed by atoms with Crippen LogP contribution in [0.4, 0.5) is 0 Å². The fourth-order valence-corrected chi connectivity index (χ4v) is 1.84. The lowest BCUT2D eigenvalue weighted by molar-refractivity contribution is 0.0593. The monoisotopic (exact) mass is 359 g/mol. The fraction of sp³-hybridized carbons (Fsp3) is 1.00. The molecule has 2 nitrogen and oxygen atoms in total. The van der Waals surface area contributed by atoms with Gasteiger partial charge in [-0.1, -0.05) is 68.2 Å². The summed E-state index contributed by atoms with van der Waals surface area (Å²) in [4.78, 5) is 2.37. The maximum Gasteiger partial charge on any atom is 0.0518 e. The molecule has 0 amide bonds. The summed E-state index contributed by atoms with van der Waals surface area (Å²) >= 11 is 0. The average Bonchev–Trinajstić information content (AvgIpc) is 2.43.